The number of rotatable bonds is 4. The number of aliphatic carboxylic acids is 1. The minimum absolute atomic E-state index is 0.164. The van der Waals surface area contributed by atoms with Crippen LogP contribution in [0.15, 0.2) is 24.3 Å². The summed E-state index contributed by atoms with van der Waals surface area (Å²) >= 11 is 0. The van der Waals surface area contributed by atoms with Crippen molar-refractivity contribution < 1.29 is 19.4 Å². The first-order chi connectivity index (χ1) is 9.99. The fraction of sp³-hybridized carbons (Fsp3) is 0.500. The maximum atomic E-state index is 12.5. The third-order valence-corrected chi connectivity index (χ3v) is 3.79. The van der Waals surface area contributed by atoms with E-state index in [1.54, 1.807) is 0 Å². The average molecular weight is 291 g/mol. The van der Waals surface area contributed by atoms with E-state index in [2.05, 4.69) is 0 Å². The monoisotopic (exact) mass is 291 g/mol. The second-order valence-electron chi connectivity index (χ2n) is 5.54. The molecule has 2 rings (SSSR count). The van der Waals surface area contributed by atoms with Crippen molar-refractivity contribution in [2.75, 3.05) is 20.2 Å². The second-order valence-corrected chi connectivity index (χ2v) is 5.54. The number of carbonyl (C=O) groups excluding carboxylic acids is 1. The first-order valence-corrected chi connectivity index (χ1v) is 7.14. The van der Waals surface area contributed by atoms with Gasteiger partial charge in [-0.3, -0.25) is 9.59 Å². The van der Waals surface area contributed by atoms with E-state index in [9.17, 15) is 9.59 Å². The van der Waals surface area contributed by atoms with Gasteiger partial charge in [0, 0.05) is 13.7 Å². The highest BCUT2D eigenvalue weighted by atomic mass is 16.5. The predicted octanol–water partition coefficient (Wildman–Crippen LogP) is 2.01. The standard InChI is InChI=1S/C16H21NO4/c1-11-5-7-12(8-6-11)15-13(4-3-9-21-15)16(20)17(2)10-14(18)19/h5-8,13,15H,3-4,9-10H2,1-2H3,(H,18,19)/t13-,15-/m1/s1. The maximum absolute atomic E-state index is 12.5. The summed E-state index contributed by atoms with van der Waals surface area (Å²) in [5.41, 5.74) is 2.13. The molecule has 1 amide bonds. The van der Waals surface area contributed by atoms with E-state index in [0.29, 0.717) is 6.61 Å². The summed E-state index contributed by atoms with van der Waals surface area (Å²) in [5.74, 6) is -1.48. The Hall–Kier alpha value is -1.88. The number of carboxylic acid groups (broad SMARTS) is 1. The summed E-state index contributed by atoms with van der Waals surface area (Å²) < 4.78 is 5.80. The number of hydrogen-bond donors (Lipinski definition) is 1. The first kappa shape index (κ1) is 15.5. The van der Waals surface area contributed by atoms with Gasteiger partial charge in [-0.1, -0.05) is 29.8 Å². The van der Waals surface area contributed by atoms with Crippen LogP contribution in [0.3, 0.4) is 0 Å². The van der Waals surface area contributed by atoms with Crippen LogP contribution in [0, 0.1) is 12.8 Å². The molecule has 0 unspecified atom stereocenters. The summed E-state index contributed by atoms with van der Waals surface area (Å²) in [4.78, 5) is 24.5. The van der Waals surface area contributed by atoms with Crippen molar-refractivity contribution in [3.05, 3.63) is 35.4 Å². The van der Waals surface area contributed by atoms with E-state index < -0.39 is 5.97 Å². The van der Waals surface area contributed by atoms with Crippen LogP contribution < -0.4 is 0 Å². The van der Waals surface area contributed by atoms with E-state index in [4.69, 9.17) is 9.84 Å². The lowest BCUT2D eigenvalue weighted by atomic mass is 9.88. The van der Waals surface area contributed by atoms with Gasteiger partial charge in [-0.15, -0.1) is 0 Å². The van der Waals surface area contributed by atoms with Crippen LogP contribution in [-0.4, -0.2) is 42.1 Å². The van der Waals surface area contributed by atoms with Gasteiger partial charge < -0.3 is 14.7 Å². The Morgan fingerprint density at radius 1 is 1.33 bits per heavy atom. The van der Waals surface area contributed by atoms with Crippen molar-refractivity contribution in [3.8, 4) is 0 Å². The van der Waals surface area contributed by atoms with Crippen molar-refractivity contribution >= 4 is 11.9 Å². The van der Waals surface area contributed by atoms with Crippen LogP contribution in [-0.2, 0) is 14.3 Å². The van der Waals surface area contributed by atoms with Crippen molar-refractivity contribution in [1.29, 1.82) is 0 Å². The SMILES string of the molecule is Cc1ccc([C@H]2OCCC[C@H]2C(=O)N(C)CC(=O)O)cc1. The van der Waals surface area contributed by atoms with Crippen molar-refractivity contribution in [3.63, 3.8) is 0 Å². The Kier molecular flexibility index (Phi) is 4.96. The Morgan fingerprint density at radius 2 is 2.00 bits per heavy atom. The summed E-state index contributed by atoms with van der Waals surface area (Å²) in [7, 11) is 1.53. The highest BCUT2D eigenvalue weighted by Gasteiger charge is 2.35. The number of nitrogens with zero attached hydrogens (tertiary/aromatic N) is 1. The molecule has 1 heterocycles. The fourth-order valence-electron chi connectivity index (χ4n) is 2.68. The normalized spacial score (nSPS) is 21.8. The summed E-state index contributed by atoms with van der Waals surface area (Å²) in [6, 6.07) is 7.94. The lowest BCUT2D eigenvalue weighted by Gasteiger charge is -2.33. The van der Waals surface area contributed by atoms with Crippen molar-refractivity contribution in [2.24, 2.45) is 5.92 Å². The van der Waals surface area contributed by atoms with Crippen LogP contribution >= 0.6 is 0 Å². The van der Waals surface area contributed by atoms with Crippen LogP contribution in [0.25, 0.3) is 0 Å². The number of carbonyl (C=O) groups is 2. The summed E-state index contributed by atoms with van der Waals surface area (Å²) in [6.07, 6.45) is 1.25. The van der Waals surface area contributed by atoms with Crippen molar-refractivity contribution in [2.45, 2.75) is 25.9 Å². The van der Waals surface area contributed by atoms with E-state index in [-0.39, 0.29) is 24.5 Å². The van der Waals surface area contributed by atoms with E-state index >= 15 is 0 Å². The molecule has 2 atom stereocenters. The summed E-state index contributed by atoms with van der Waals surface area (Å²) in [6.45, 7) is 2.36. The molecule has 1 aliphatic heterocycles. The number of ether oxygens (including phenoxy) is 1. The minimum Gasteiger partial charge on any atom is -0.480 e. The number of benzene rings is 1. The van der Waals surface area contributed by atoms with E-state index in [1.807, 2.05) is 31.2 Å². The van der Waals surface area contributed by atoms with Gasteiger partial charge in [0.15, 0.2) is 0 Å². The number of carboxylic acids is 1. The Labute approximate surface area is 124 Å². The minimum atomic E-state index is -1.01. The van der Waals surface area contributed by atoms with Gasteiger partial charge in [0.05, 0.1) is 12.0 Å². The Bertz CT molecular complexity index is 512. The van der Waals surface area contributed by atoms with Crippen LogP contribution in [0.4, 0.5) is 0 Å². The third kappa shape index (κ3) is 3.82. The van der Waals surface area contributed by atoms with Gasteiger partial charge in [0.25, 0.3) is 0 Å². The molecule has 1 fully saturated rings. The predicted molar refractivity (Wildman–Crippen MR) is 77.9 cm³/mol. The molecule has 1 aromatic carbocycles. The third-order valence-electron chi connectivity index (χ3n) is 3.79. The lowest BCUT2D eigenvalue weighted by Crippen LogP contribution is -2.41. The highest BCUT2D eigenvalue weighted by Crippen LogP contribution is 2.34. The molecule has 114 valence electrons. The van der Waals surface area contributed by atoms with Crippen LogP contribution in [0.5, 0.6) is 0 Å². The lowest BCUT2D eigenvalue weighted by molar-refractivity contribution is -0.150. The quantitative estimate of drug-likeness (QED) is 0.921. The molecule has 1 aliphatic rings. The van der Waals surface area contributed by atoms with Crippen LogP contribution in [0.2, 0.25) is 0 Å². The molecule has 0 aromatic heterocycles. The van der Waals surface area contributed by atoms with Gasteiger partial charge in [-0.25, -0.2) is 0 Å². The molecule has 1 aromatic rings. The van der Waals surface area contributed by atoms with E-state index in [1.165, 1.54) is 11.9 Å². The summed E-state index contributed by atoms with van der Waals surface area (Å²) in [5, 5.41) is 8.82. The molecule has 0 radical (unpaired) electrons. The number of hydrogen-bond acceptors (Lipinski definition) is 3. The smallest absolute Gasteiger partial charge is 0.323 e. The maximum Gasteiger partial charge on any atom is 0.323 e. The Morgan fingerprint density at radius 3 is 2.62 bits per heavy atom. The highest BCUT2D eigenvalue weighted by molar-refractivity contribution is 5.83. The largest absolute Gasteiger partial charge is 0.480 e. The molecular formula is C16H21NO4. The molecule has 1 N–H and O–H groups in total. The molecule has 0 spiro atoms. The topological polar surface area (TPSA) is 66.8 Å². The molecule has 5 nitrogen and oxygen atoms in total. The molecule has 21 heavy (non-hydrogen) atoms. The second kappa shape index (κ2) is 6.72. The molecule has 1 saturated heterocycles. The zero-order valence-electron chi connectivity index (χ0n) is 12.4. The fourth-order valence-corrected chi connectivity index (χ4v) is 2.68. The van der Waals surface area contributed by atoms with Crippen LogP contribution in [0.1, 0.15) is 30.1 Å². The Balaban J connectivity index is 2.16. The number of likely N-dealkylation sites (N-methyl/N-ethyl adjacent to an activating group) is 1. The first-order valence-electron chi connectivity index (χ1n) is 7.14. The molecule has 0 aliphatic carbocycles. The number of aryl methyl sites for hydroxylation is 1. The zero-order valence-corrected chi connectivity index (χ0v) is 12.4. The van der Waals surface area contributed by atoms with Gasteiger partial charge in [-0.2, -0.15) is 0 Å². The molecule has 0 saturated carbocycles. The average Bonchev–Trinajstić information content (AvgIpc) is 2.46. The van der Waals surface area contributed by atoms with Crippen molar-refractivity contribution in [1.82, 2.24) is 4.90 Å². The molecule has 5 heteroatoms. The van der Waals surface area contributed by atoms with Gasteiger partial charge in [0.2, 0.25) is 5.91 Å². The van der Waals surface area contributed by atoms with E-state index in [0.717, 1.165) is 24.0 Å². The zero-order chi connectivity index (χ0) is 15.4. The molecular weight excluding hydrogens is 270 g/mol. The van der Waals surface area contributed by atoms with Gasteiger partial charge in [-0.05, 0) is 25.3 Å². The molecule has 0 bridgehead atoms. The van der Waals surface area contributed by atoms with Gasteiger partial charge in [0.1, 0.15) is 6.54 Å². The number of amides is 1. The van der Waals surface area contributed by atoms with Gasteiger partial charge >= 0.3 is 5.97 Å².